The van der Waals surface area contributed by atoms with Crippen molar-refractivity contribution in [2.45, 2.75) is 33.2 Å². The molecule has 30 heavy (non-hydrogen) atoms. The zero-order valence-corrected chi connectivity index (χ0v) is 17.9. The highest BCUT2D eigenvalue weighted by molar-refractivity contribution is 5.99. The van der Waals surface area contributed by atoms with Gasteiger partial charge in [-0.3, -0.25) is 9.59 Å². The van der Waals surface area contributed by atoms with E-state index in [1.165, 1.54) is 4.90 Å². The highest BCUT2D eigenvalue weighted by atomic mass is 16.3. The molecule has 0 radical (unpaired) electrons. The second-order valence-electron chi connectivity index (χ2n) is 8.04. The minimum atomic E-state index is -0.402. The molecule has 2 aromatic carbocycles. The van der Waals surface area contributed by atoms with Gasteiger partial charge < -0.3 is 14.2 Å². The largest absolute Gasteiger partial charge is 0.450 e. The van der Waals surface area contributed by atoms with Crippen LogP contribution >= 0.6 is 0 Å². The van der Waals surface area contributed by atoms with Gasteiger partial charge >= 0.3 is 0 Å². The molecular weight excluding hydrogens is 376 g/mol. The monoisotopic (exact) mass is 405 g/mol. The SMILES string of the molecule is CC[NH+](CC)CCCN1C(=O)c2oc3ccccc3c(=O)c2[C@@H]1c1ccc(C)cc1. The molecule has 0 saturated heterocycles. The molecular formula is C25H29N2O3+. The third-order valence-electron chi connectivity index (χ3n) is 6.20. The lowest BCUT2D eigenvalue weighted by molar-refractivity contribution is -0.896. The number of carbonyl (C=O) groups excluding carboxylic acids is 1. The maximum Gasteiger partial charge on any atom is 0.290 e. The van der Waals surface area contributed by atoms with E-state index in [0.717, 1.165) is 37.2 Å². The number of quaternary nitrogens is 1. The molecule has 5 heteroatoms. The minimum Gasteiger partial charge on any atom is -0.450 e. The first kappa shape index (κ1) is 20.4. The fraction of sp³-hybridized carbons (Fsp3) is 0.360. The van der Waals surface area contributed by atoms with E-state index in [1.807, 2.05) is 48.2 Å². The number of rotatable bonds is 7. The molecule has 1 aromatic heterocycles. The molecule has 1 aliphatic heterocycles. The molecule has 1 N–H and O–H groups in total. The Morgan fingerprint density at radius 2 is 1.70 bits per heavy atom. The van der Waals surface area contributed by atoms with Gasteiger partial charge in [-0.15, -0.1) is 0 Å². The molecule has 4 rings (SSSR count). The van der Waals surface area contributed by atoms with Gasteiger partial charge in [0.1, 0.15) is 5.58 Å². The predicted molar refractivity (Wildman–Crippen MR) is 118 cm³/mol. The number of nitrogens with one attached hydrogen (secondary N) is 1. The molecule has 1 amide bonds. The van der Waals surface area contributed by atoms with Gasteiger partial charge in [0.15, 0.2) is 5.43 Å². The predicted octanol–water partition coefficient (Wildman–Crippen LogP) is 2.96. The summed E-state index contributed by atoms with van der Waals surface area (Å²) >= 11 is 0. The first-order valence-electron chi connectivity index (χ1n) is 10.8. The number of fused-ring (bicyclic) bond motifs is 2. The van der Waals surface area contributed by atoms with Crippen LogP contribution in [-0.4, -0.2) is 37.0 Å². The van der Waals surface area contributed by atoms with Crippen LogP contribution in [0.1, 0.15) is 53.6 Å². The van der Waals surface area contributed by atoms with E-state index in [-0.39, 0.29) is 17.1 Å². The maximum atomic E-state index is 13.4. The van der Waals surface area contributed by atoms with Gasteiger partial charge in [-0.05, 0) is 38.5 Å². The number of amides is 1. The Morgan fingerprint density at radius 3 is 2.40 bits per heavy atom. The number of benzene rings is 2. The molecule has 0 unspecified atom stereocenters. The van der Waals surface area contributed by atoms with Crippen LogP contribution in [0.15, 0.2) is 57.7 Å². The van der Waals surface area contributed by atoms with Crippen LogP contribution in [0, 0.1) is 6.92 Å². The Kier molecular flexibility index (Phi) is 5.73. The van der Waals surface area contributed by atoms with Crippen molar-refractivity contribution in [1.82, 2.24) is 4.90 Å². The summed E-state index contributed by atoms with van der Waals surface area (Å²) in [6, 6.07) is 14.8. The van der Waals surface area contributed by atoms with E-state index in [2.05, 4.69) is 13.8 Å². The zero-order valence-electron chi connectivity index (χ0n) is 17.9. The van der Waals surface area contributed by atoms with Crippen LogP contribution in [0.25, 0.3) is 11.0 Å². The van der Waals surface area contributed by atoms with E-state index in [9.17, 15) is 9.59 Å². The smallest absolute Gasteiger partial charge is 0.290 e. The van der Waals surface area contributed by atoms with Gasteiger partial charge in [0, 0.05) is 13.0 Å². The molecule has 0 saturated carbocycles. The van der Waals surface area contributed by atoms with Crippen molar-refractivity contribution in [2.75, 3.05) is 26.2 Å². The fourth-order valence-corrected chi connectivity index (χ4v) is 4.40. The average molecular weight is 406 g/mol. The molecule has 156 valence electrons. The first-order chi connectivity index (χ1) is 14.5. The molecule has 1 aliphatic rings. The lowest BCUT2D eigenvalue weighted by Crippen LogP contribution is -3.11. The number of hydrogen-bond donors (Lipinski definition) is 1. The molecule has 2 heterocycles. The minimum absolute atomic E-state index is 0.109. The van der Waals surface area contributed by atoms with E-state index in [4.69, 9.17) is 4.42 Å². The Bertz CT molecular complexity index is 1110. The zero-order chi connectivity index (χ0) is 21.3. The third-order valence-corrected chi connectivity index (χ3v) is 6.20. The van der Waals surface area contributed by atoms with Crippen molar-refractivity contribution < 1.29 is 14.1 Å². The number of hydrogen-bond acceptors (Lipinski definition) is 3. The molecule has 1 atom stereocenters. The summed E-state index contributed by atoms with van der Waals surface area (Å²) < 4.78 is 5.98. The van der Waals surface area contributed by atoms with Crippen LogP contribution in [0.3, 0.4) is 0 Å². The van der Waals surface area contributed by atoms with E-state index in [1.54, 1.807) is 12.1 Å². The molecule has 5 nitrogen and oxygen atoms in total. The summed E-state index contributed by atoms with van der Waals surface area (Å²) in [4.78, 5) is 30.1. The molecule has 0 spiro atoms. The first-order valence-corrected chi connectivity index (χ1v) is 10.8. The van der Waals surface area contributed by atoms with Crippen LogP contribution in [-0.2, 0) is 0 Å². The maximum absolute atomic E-state index is 13.4. The van der Waals surface area contributed by atoms with Crippen LogP contribution in [0.2, 0.25) is 0 Å². The number of para-hydroxylation sites is 1. The van der Waals surface area contributed by atoms with E-state index >= 15 is 0 Å². The van der Waals surface area contributed by atoms with Crippen molar-refractivity contribution in [1.29, 1.82) is 0 Å². The Labute approximate surface area is 176 Å². The highest BCUT2D eigenvalue weighted by Crippen LogP contribution is 2.38. The van der Waals surface area contributed by atoms with Gasteiger partial charge in [0.05, 0.1) is 36.6 Å². The van der Waals surface area contributed by atoms with E-state index < -0.39 is 6.04 Å². The number of aryl methyl sites for hydroxylation is 1. The van der Waals surface area contributed by atoms with Crippen LogP contribution in [0.4, 0.5) is 0 Å². The molecule has 0 aliphatic carbocycles. The third kappa shape index (κ3) is 3.54. The second kappa shape index (κ2) is 8.44. The summed E-state index contributed by atoms with van der Waals surface area (Å²) in [5, 5.41) is 0.524. The lowest BCUT2D eigenvalue weighted by atomic mass is 9.97. The molecule has 0 fully saturated rings. The standard InChI is InChI=1S/C25H28N2O3/c1-4-26(5-2)15-8-16-27-22(18-13-11-17(3)12-14-18)21-23(28)19-9-6-7-10-20(19)30-24(21)25(27)29/h6-7,9-14,22H,4-5,8,15-16H2,1-3H3/p+1/t22-/m0/s1. The quantitative estimate of drug-likeness (QED) is 0.658. The summed E-state index contributed by atoms with van der Waals surface area (Å²) in [7, 11) is 0. The van der Waals surface area contributed by atoms with Crippen LogP contribution in [0.5, 0.6) is 0 Å². The fourth-order valence-electron chi connectivity index (χ4n) is 4.40. The van der Waals surface area contributed by atoms with Crippen molar-refractivity contribution >= 4 is 16.9 Å². The van der Waals surface area contributed by atoms with Gasteiger partial charge in [0.2, 0.25) is 5.76 Å². The Hall–Kier alpha value is -2.92. The van der Waals surface area contributed by atoms with Crippen LogP contribution < -0.4 is 10.3 Å². The van der Waals surface area contributed by atoms with Crippen molar-refractivity contribution in [3.63, 3.8) is 0 Å². The summed E-state index contributed by atoms with van der Waals surface area (Å²) in [5.41, 5.74) is 2.92. The lowest BCUT2D eigenvalue weighted by Gasteiger charge is -2.26. The van der Waals surface area contributed by atoms with Gasteiger partial charge in [-0.25, -0.2) is 0 Å². The summed E-state index contributed by atoms with van der Waals surface area (Å²) in [6.07, 6.45) is 0.882. The Balaban J connectivity index is 1.78. The summed E-state index contributed by atoms with van der Waals surface area (Å²) in [5.74, 6) is 0.00689. The van der Waals surface area contributed by atoms with Gasteiger partial charge in [-0.1, -0.05) is 42.0 Å². The average Bonchev–Trinajstić information content (AvgIpc) is 3.04. The number of nitrogens with zero attached hydrogens (tertiary/aromatic N) is 1. The summed E-state index contributed by atoms with van der Waals surface area (Å²) in [6.45, 7) is 10.1. The number of carbonyl (C=O) groups is 1. The van der Waals surface area contributed by atoms with Crippen molar-refractivity contribution in [2.24, 2.45) is 0 Å². The normalized spacial score (nSPS) is 15.9. The Morgan fingerprint density at radius 1 is 1.00 bits per heavy atom. The van der Waals surface area contributed by atoms with Crippen molar-refractivity contribution in [3.05, 3.63) is 81.2 Å². The topological polar surface area (TPSA) is 55.0 Å². The molecule has 3 aromatic rings. The van der Waals surface area contributed by atoms with E-state index in [0.29, 0.717) is 23.1 Å². The van der Waals surface area contributed by atoms with Gasteiger partial charge in [0.25, 0.3) is 5.91 Å². The van der Waals surface area contributed by atoms with Crippen molar-refractivity contribution in [3.8, 4) is 0 Å². The highest BCUT2D eigenvalue weighted by Gasteiger charge is 2.42. The molecule has 0 bridgehead atoms. The second-order valence-corrected chi connectivity index (χ2v) is 8.04. The van der Waals surface area contributed by atoms with Gasteiger partial charge in [-0.2, -0.15) is 0 Å².